The second-order valence-electron chi connectivity index (χ2n) is 6.65. The molecule has 0 bridgehead atoms. The molecular weight excluding hydrogens is 587 g/mol. The zero-order chi connectivity index (χ0) is 29.0. The first-order valence-electron chi connectivity index (χ1n) is 8.87. The molecule has 0 aromatic heterocycles. The minimum atomic E-state index is -6.03. The van der Waals surface area contributed by atoms with E-state index in [4.69, 9.17) is 5.26 Å². The van der Waals surface area contributed by atoms with Crippen molar-refractivity contribution in [1.82, 2.24) is 0 Å². The molecule has 0 amide bonds. The van der Waals surface area contributed by atoms with Crippen LogP contribution in [0.4, 0.5) is 65.9 Å². The van der Waals surface area contributed by atoms with Crippen molar-refractivity contribution in [3.8, 4) is 17.6 Å². The average molecular weight is 587 g/mol. The number of nitriles is 1. The van der Waals surface area contributed by atoms with Gasteiger partial charge in [-0.1, -0.05) is 11.8 Å². The summed E-state index contributed by atoms with van der Waals surface area (Å²) in [6.45, 7) is 0. The molecule has 0 saturated heterocycles. The summed E-state index contributed by atoms with van der Waals surface area (Å²) in [5.74, 6) is -38.3. The lowest BCUT2D eigenvalue weighted by molar-refractivity contribution is -0.143. The normalized spacial score (nSPS) is 11.6. The van der Waals surface area contributed by atoms with Crippen molar-refractivity contribution >= 4 is 11.8 Å². The van der Waals surface area contributed by atoms with Crippen molar-refractivity contribution in [2.75, 3.05) is 0 Å². The van der Waals surface area contributed by atoms with E-state index in [9.17, 15) is 65.9 Å². The highest BCUT2D eigenvalue weighted by atomic mass is 32.2. The zero-order valence-corrected chi connectivity index (χ0v) is 17.7. The van der Waals surface area contributed by atoms with Gasteiger partial charge in [0.2, 0.25) is 34.8 Å². The third-order valence-electron chi connectivity index (χ3n) is 4.43. The molecule has 3 aromatic rings. The summed E-state index contributed by atoms with van der Waals surface area (Å²) < 4.78 is 210. The molecule has 38 heavy (non-hydrogen) atoms. The maximum absolute atomic E-state index is 14.4. The fraction of sp³-hybridized carbons (Fsp3) is 0.0500. The first-order chi connectivity index (χ1) is 17.5. The molecule has 3 aromatic carbocycles. The Balaban J connectivity index is 2.19. The van der Waals surface area contributed by atoms with E-state index in [1.807, 2.05) is 0 Å². The number of alkyl halides is 3. The number of hydrogen-bond acceptors (Lipinski definition) is 3. The Morgan fingerprint density at radius 3 is 1.13 bits per heavy atom. The van der Waals surface area contributed by atoms with E-state index in [1.165, 1.54) is 0 Å². The highest BCUT2D eigenvalue weighted by Crippen LogP contribution is 2.45. The van der Waals surface area contributed by atoms with Crippen LogP contribution in [-0.4, -0.2) is 0 Å². The Bertz CT molecular complexity index is 1460. The molecule has 0 aliphatic rings. The summed E-state index contributed by atoms with van der Waals surface area (Å²) >= 11 is -1.02. The van der Waals surface area contributed by atoms with Crippen LogP contribution in [0.1, 0.15) is 11.1 Å². The Hall–Kier alpha value is -3.75. The van der Waals surface area contributed by atoms with E-state index in [-0.39, 0.29) is 0 Å². The van der Waals surface area contributed by atoms with E-state index in [0.29, 0.717) is 0 Å². The Kier molecular flexibility index (Phi) is 7.47. The van der Waals surface area contributed by atoms with E-state index >= 15 is 0 Å². The minimum absolute atomic E-state index is 0.736. The molecule has 0 N–H and O–H groups in total. The van der Waals surface area contributed by atoms with Gasteiger partial charge in [-0.05, 0) is 0 Å². The summed E-state index contributed by atoms with van der Waals surface area (Å²) in [5.41, 5.74) is -4.94. The molecule has 3 rings (SSSR count). The van der Waals surface area contributed by atoms with E-state index in [2.05, 4.69) is 4.74 Å². The lowest BCUT2D eigenvalue weighted by atomic mass is 10.1. The van der Waals surface area contributed by atoms with E-state index < -0.39 is 120 Å². The summed E-state index contributed by atoms with van der Waals surface area (Å²) in [6.07, 6.45) is -6.03. The monoisotopic (exact) mass is 587 g/mol. The number of halogens is 15. The molecule has 18 heteroatoms. The highest BCUT2D eigenvalue weighted by Gasteiger charge is 2.43. The van der Waals surface area contributed by atoms with Crippen LogP contribution in [0, 0.1) is 81.1 Å². The van der Waals surface area contributed by atoms with E-state index in [1.54, 1.807) is 0 Å². The number of benzene rings is 3. The van der Waals surface area contributed by atoms with Gasteiger partial charge in [-0.3, -0.25) is 0 Å². The van der Waals surface area contributed by atoms with Gasteiger partial charge in [-0.2, -0.15) is 36.0 Å². The molecule has 0 aliphatic heterocycles. The number of ether oxygens (including phenoxy) is 1. The number of nitrogens with zero attached hydrogens (tertiary/aromatic N) is 1. The first kappa shape index (κ1) is 28.8. The van der Waals surface area contributed by atoms with Crippen molar-refractivity contribution in [3.63, 3.8) is 0 Å². The molecular formula is C20F15NOS. The molecule has 0 radical (unpaired) electrons. The van der Waals surface area contributed by atoms with Crippen LogP contribution in [0.2, 0.25) is 0 Å². The Labute approximate surface area is 202 Å². The fourth-order valence-corrected chi connectivity index (χ4v) is 3.65. The molecule has 0 unspecified atom stereocenters. The topological polar surface area (TPSA) is 33.0 Å². The van der Waals surface area contributed by atoms with Crippen LogP contribution in [0.5, 0.6) is 11.5 Å². The SMILES string of the molecule is N#Cc1c(F)c(F)c(Sc2c(F)c(F)c(Oc3c(F)c(F)c(C(F)(F)F)c(F)c3F)c(F)c2F)c(F)c1F. The smallest absolute Gasteiger partial charge is 0.422 e. The number of rotatable bonds is 4. The Morgan fingerprint density at radius 2 is 0.816 bits per heavy atom. The molecule has 0 spiro atoms. The van der Waals surface area contributed by atoms with Gasteiger partial charge in [-0.25, -0.2) is 35.1 Å². The highest BCUT2D eigenvalue weighted by molar-refractivity contribution is 7.99. The van der Waals surface area contributed by atoms with Gasteiger partial charge in [0.1, 0.15) is 17.2 Å². The van der Waals surface area contributed by atoms with Gasteiger partial charge in [0.25, 0.3) is 0 Å². The van der Waals surface area contributed by atoms with Gasteiger partial charge in [0.05, 0.1) is 9.79 Å². The predicted molar refractivity (Wildman–Crippen MR) is 92.7 cm³/mol. The largest absolute Gasteiger partial charge is 0.444 e. The lowest BCUT2D eigenvalue weighted by Crippen LogP contribution is -2.16. The molecule has 0 heterocycles. The van der Waals surface area contributed by atoms with Crippen molar-refractivity contribution in [2.45, 2.75) is 16.0 Å². The quantitative estimate of drug-likeness (QED) is 0.228. The average Bonchev–Trinajstić information content (AvgIpc) is 2.84. The maximum Gasteiger partial charge on any atom is 0.422 e. The van der Waals surface area contributed by atoms with Crippen molar-refractivity contribution in [1.29, 1.82) is 5.26 Å². The second kappa shape index (κ2) is 9.85. The van der Waals surface area contributed by atoms with Crippen LogP contribution in [-0.2, 0) is 6.18 Å². The van der Waals surface area contributed by atoms with Crippen LogP contribution in [0.3, 0.4) is 0 Å². The summed E-state index contributed by atoms with van der Waals surface area (Å²) in [5, 5.41) is 8.51. The second-order valence-corrected chi connectivity index (χ2v) is 7.67. The van der Waals surface area contributed by atoms with Crippen molar-refractivity contribution < 1.29 is 70.6 Å². The van der Waals surface area contributed by atoms with Gasteiger partial charge in [-0.15, -0.1) is 0 Å². The van der Waals surface area contributed by atoms with Gasteiger partial charge in [0, 0.05) is 0 Å². The predicted octanol–water partition coefficient (Wildman–Crippen LogP) is 8.19. The third-order valence-corrected chi connectivity index (χ3v) is 5.56. The number of hydrogen-bond donors (Lipinski definition) is 0. The third kappa shape index (κ3) is 4.44. The molecule has 0 atom stereocenters. The molecule has 0 saturated carbocycles. The lowest BCUT2D eigenvalue weighted by Gasteiger charge is -2.16. The van der Waals surface area contributed by atoms with E-state index in [0.717, 1.165) is 6.07 Å². The van der Waals surface area contributed by atoms with Gasteiger partial charge in [0.15, 0.2) is 46.5 Å². The van der Waals surface area contributed by atoms with Gasteiger partial charge < -0.3 is 4.74 Å². The van der Waals surface area contributed by atoms with Crippen LogP contribution >= 0.6 is 11.8 Å². The minimum Gasteiger partial charge on any atom is -0.444 e. The van der Waals surface area contributed by atoms with Gasteiger partial charge >= 0.3 is 6.18 Å². The molecule has 2 nitrogen and oxygen atoms in total. The van der Waals surface area contributed by atoms with Crippen LogP contribution < -0.4 is 4.74 Å². The zero-order valence-electron chi connectivity index (χ0n) is 16.9. The summed E-state index contributed by atoms with van der Waals surface area (Å²) in [6, 6.07) is 0.736. The Morgan fingerprint density at radius 1 is 0.500 bits per heavy atom. The fourth-order valence-electron chi connectivity index (χ4n) is 2.72. The first-order valence-corrected chi connectivity index (χ1v) is 9.69. The molecule has 0 aliphatic carbocycles. The van der Waals surface area contributed by atoms with Crippen LogP contribution in [0.15, 0.2) is 9.79 Å². The van der Waals surface area contributed by atoms with Crippen LogP contribution in [0.25, 0.3) is 0 Å². The maximum atomic E-state index is 14.4. The molecule has 0 fully saturated rings. The van der Waals surface area contributed by atoms with Crippen molar-refractivity contribution in [3.05, 3.63) is 80.9 Å². The van der Waals surface area contributed by atoms with Crippen molar-refractivity contribution in [2.24, 2.45) is 0 Å². The standard InChI is InChI=1S/C20F15NOS/c21-4-2(1-36)5(22)13(30)18(12(4)29)38-19-14(31)10(27)17(11(28)15(19)32)37-16-8(25)6(23)3(20(33,34)35)7(24)9(16)26. The molecule has 202 valence electrons. The summed E-state index contributed by atoms with van der Waals surface area (Å²) in [7, 11) is 0. The summed E-state index contributed by atoms with van der Waals surface area (Å²) in [4.78, 5) is -4.06.